The fourth-order valence-electron chi connectivity index (χ4n) is 2.33. The van der Waals surface area contributed by atoms with Crippen molar-refractivity contribution in [2.75, 3.05) is 24.5 Å². The van der Waals surface area contributed by atoms with E-state index < -0.39 is 12.1 Å². The lowest BCUT2D eigenvalue weighted by atomic mass is 10.2. The van der Waals surface area contributed by atoms with Gasteiger partial charge in [-0.15, -0.1) is 0 Å². The Morgan fingerprint density at radius 1 is 0.880 bits per heavy atom. The number of nitrogens with zero attached hydrogens (tertiary/aromatic N) is 1. The number of carbonyl (C=O) groups is 2. The molecule has 0 aliphatic carbocycles. The van der Waals surface area contributed by atoms with Crippen LogP contribution in [0.5, 0.6) is 0 Å². The Labute approximate surface area is 148 Å². The van der Waals surface area contributed by atoms with Crippen molar-refractivity contribution in [2.24, 2.45) is 0 Å². The first kappa shape index (κ1) is 18.5. The minimum Gasteiger partial charge on any atom is -0.338 e. The van der Waals surface area contributed by atoms with Gasteiger partial charge in [0.25, 0.3) is 0 Å². The fraction of sp³-hybridized carbons (Fsp3) is 0.263. The second-order valence-electron chi connectivity index (χ2n) is 5.40. The van der Waals surface area contributed by atoms with E-state index in [0.29, 0.717) is 17.9 Å². The number of anilines is 2. The van der Waals surface area contributed by atoms with Gasteiger partial charge in [0.05, 0.1) is 11.4 Å². The van der Waals surface area contributed by atoms with Crippen molar-refractivity contribution in [1.29, 1.82) is 0 Å². The average Bonchev–Trinajstić information content (AvgIpc) is 2.63. The molecule has 0 heterocycles. The SMILES string of the molecule is CCNCCCNC(=O)NC(=O)N(c1ccccc1)c1ccccc1. The molecule has 132 valence electrons. The lowest BCUT2D eigenvalue weighted by molar-refractivity contribution is 0.231. The highest BCUT2D eigenvalue weighted by atomic mass is 16.2. The van der Waals surface area contributed by atoms with Crippen molar-refractivity contribution in [3.05, 3.63) is 60.7 Å². The molecule has 6 nitrogen and oxygen atoms in total. The van der Waals surface area contributed by atoms with E-state index in [2.05, 4.69) is 16.0 Å². The standard InChI is InChI=1S/C19H24N4O2/c1-2-20-14-9-15-21-18(24)22-19(25)23(16-10-5-3-6-11-16)17-12-7-4-8-13-17/h3-8,10-13,20H,2,9,14-15H2,1H3,(H2,21,22,24,25). The minimum absolute atomic E-state index is 0.499. The van der Waals surface area contributed by atoms with Crippen molar-refractivity contribution >= 4 is 23.4 Å². The van der Waals surface area contributed by atoms with Crippen molar-refractivity contribution in [3.8, 4) is 0 Å². The highest BCUT2D eigenvalue weighted by Gasteiger charge is 2.19. The molecule has 25 heavy (non-hydrogen) atoms. The molecule has 0 unspecified atom stereocenters. The quantitative estimate of drug-likeness (QED) is 0.678. The molecule has 6 heteroatoms. The average molecular weight is 340 g/mol. The largest absolute Gasteiger partial charge is 0.338 e. The lowest BCUT2D eigenvalue weighted by Crippen LogP contribution is -2.45. The summed E-state index contributed by atoms with van der Waals surface area (Å²) in [5.74, 6) is 0. The third-order valence-corrected chi connectivity index (χ3v) is 3.52. The van der Waals surface area contributed by atoms with Crippen LogP contribution in [0.3, 0.4) is 0 Å². The van der Waals surface area contributed by atoms with Crippen LogP contribution in [0, 0.1) is 0 Å². The van der Waals surface area contributed by atoms with E-state index in [9.17, 15) is 9.59 Å². The molecule has 0 bridgehead atoms. The molecule has 0 fully saturated rings. The Morgan fingerprint density at radius 3 is 1.96 bits per heavy atom. The first-order valence-electron chi connectivity index (χ1n) is 8.42. The number of hydrogen-bond donors (Lipinski definition) is 3. The van der Waals surface area contributed by atoms with Gasteiger partial charge in [-0.1, -0.05) is 43.3 Å². The molecule has 0 atom stereocenters. The van der Waals surface area contributed by atoms with Gasteiger partial charge in [0.2, 0.25) is 0 Å². The summed E-state index contributed by atoms with van der Waals surface area (Å²) in [7, 11) is 0. The van der Waals surface area contributed by atoms with Crippen LogP contribution in [0.4, 0.5) is 21.0 Å². The normalized spacial score (nSPS) is 10.1. The van der Waals surface area contributed by atoms with E-state index in [1.807, 2.05) is 67.6 Å². The maximum absolute atomic E-state index is 12.6. The molecule has 2 rings (SSSR count). The summed E-state index contributed by atoms with van der Waals surface area (Å²) in [6.45, 7) is 4.25. The van der Waals surface area contributed by atoms with E-state index in [1.54, 1.807) is 0 Å². The third-order valence-electron chi connectivity index (χ3n) is 3.52. The molecule has 0 aromatic heterocycles. The zero-order valence-electron chi connectivity index (χ0n) is 14.4. The summed E-state index contributed by atoms with van der Waals surface area (Å²) >= 11 is 0. The molecule has 2 aromatic rings. The predicted octanol–water partition coefficient (Wildman–Crippen LogP) is 3.24. The first-order chi connectivity index (χ1) is 12.2. The highest BCUT2D eigenvalue weighted by Crippen LogP contribution is 2.24. The van der Waals surface area contributed by atoms with Gasteiger partial charge in [0.15, 0.2) is 0 Å². The summed E-state index contributed by atoms with van der Waals surface area (Å²) < 4.78 is 0. The number of amides is 4. The topological polar surface area (TPSA) is 73.5 Å². The van der Waals surface area contributed by atoms with E-state index >= 15 is 0 Å². The maximum atomic E-state index is 12.6. The molecule has 3 N–H and O–H groups in total. The Kier molecular flexibility index (Phi) is 7.46. The summed E-state index contributed by atoms with van der Waals surface area (Å²) in [5, 5.41) is 8.25. The van der Waals surface area contributed by atoms with Gasteiger partial charge in [-0.2, -0.15) is 0 Å². The maximum Gasteiger partial charge on any atom is 0.334 e. The monoisotopic (exact) mass is 340 g/mol. The second kappa shape index (κ2) is 10.1. The molecular weight excluding hydrogens is 316 g/mol. The van der Waals surface area contributed by atoms with Crippen LogP contribution in [0.15, 0.2) is 60.7 Å². The second-order valence-corrected chi connectivity index (χ2v) is 5.40. The van der Waals surface area contributed by atoms with Crippen LogP contribution in [-0.4, -0.2) is 31.7 Å². The van der Waals surface area contributed by atoms with Gasteiger partial charge < -0.3 is 10.6 Å². The third kappa shape index (κ3) is 5.93. The van der Waals surface area contributed by atoms with Crippen LogP contribution < -0.4 is 20.9 Å². The molecule has 0 saturated carbocycles. The van der Waals surface area contributed by atoms with Crippen LogP contribution in [-0.2, 0) is 0 Å². The summed E-state index contributed by atoms with van der Waals surface area (Å²) in [6.07, 6.45) is 0.802. The Bertz CT molecular complexity index is 622. The smallest absolute Gasteiger partial charge is 0.334 e. The van der Waals surface area contributed by atoms with Crippen LogP contribution >= 0.6 is 0 Å². The number of benzene rings is 2. The van der Waals surface area contributed by atoms with Gasteiger partial charge >= 0.3 is 12.1 Å². The zero-order chi connectivity index (χ0) is 17.9. The molecule has 4 amide bonds. The summed E-state index contributed by atoms with van der Waals surface area (Å²) in [6, 6.07) is 17.4. The number of para-hydroxylation sites is 2. The van der Waals surface area contributed by atoms with Gasteiger partial charge in [-0.25, -0.2) is 9.59 Å². The molecule has 0 spiro atoms. The fourth-order valence-corrected chi connectivity index (χ4v) is 2.33. The Hall–Kier alpha value is -2.86. The van der Waals surface area contributed by atoms with E-state index in [0.717, 1.165) is 19.5 Å². The van der Waals surface area contributed by atoms with Crippen LogP contribution in [0.2, 0.25) is 0 Å². The molecule has 0 aliphatic heterocycles. The van der Waals surface area contributed by atoms with Gasteiger partial charge in [0, 0.05) is 6.54 Å². The number of hydrogen-bond acceptors (Lipinski definition) is 3. The molecule has 0 aliphatic rings. The van der Waals surface area contributed by atoms with Crippen molar-refractivity contribution < 1.29 is 9.59 Å². The van der Waals surface area contributed by atoms with Crippen molar-refractivity contribution in [3.63, 3.8) is 0 Å². The number of imide groups is 1. The van der Waals surface area contributed by atoms with Crippen molar-refractivity contribution in [1.82, 2.24) is 16.0 Å². The van der Waals surface area contributed by atoms with Gasteiger partial charge in [-0.3, -0.25) is 10.2 Å². The van der Waals surface area contributed by atoms with Crippen LogP contribution in [0.25, 0.3) is 0 Å². The van der Waals surface area contributed by atoms with E-state index in [4.69, 9.17) is 0 Å². The first-order valence-corrected chi connectivity index (χ1v) is 8.42. The van der Waals surface area contributed by atoms with Gasteiger partial charge in [0.1, 0.15) is 0 Å². The molecule has 0 saturated heterocycles. The molecular formula is C19H24N4O2. The number of nitrogens with one attached hydrogen (secondary N) is 3. The molecule has 0 radical (unpaired) electrons. The lowest BCUT2D eigenvalue weighted by Gasteiger charge is -2.23. The van der Waals surface area contributed by atoms with Crippen LogP contribution in [0.1, 0.15) is 13.3 Å². The Balaban J connectivity index is 2.00. The van der Waals surface area contributed by atoms with Gasteiger partial charge in [-0.05, 0) is 43.8 Å². The summed E-state index contributed by atoms with van der Waals surface area (Å²) in [5.41, 5.74) is 1.37. The molecule has 2 aromatic carbocycles. The number of rotatable bonds is 7. The number of carbonyl (C=O) groups excluding carboxylic acids is 2. The predicted molar refractivity (Wildman–Crippen MR) is 100 cm³/mol. The van der Waals surface area contributed by atoms with E-state index in [1.165, 1.54) is 4.90 Å². The van der Waals surface area contributed by atoms with E-state index in [-0.39, 0.29) is 0 Å². The Morgan fingerprint density at radius 2 is 1.44 bits per heavy atom. The minimum atomic E-state index is -0.502. The van der Waals surface area contributed by atoms with Crippen molar-refractivity contribution in [2.45, 2.75) is 13.3 Å². The number of urea groups is 2. The summed E-state index contributed by atoms with van der Waals surface area (Å²) in [4.78, 5) is 26.1. The highest BCUT2D eigenvalue weighted by molar-refractivity contribution is 6.06. The zero-order valence-corrected chi connectivity index (χ0v) is 14.4.